The summed E-state index contributed by atoms with van der Waals surface area (Å²) in [4.78, 5) is 22.5. The van der Waals surface area contributed by atoms with Crippen LogP contribution in [0.5, 0.6) is 0 Å². The van der Waals surface area contributed by atoms with E-state index >= 15 is 0 Å². The largest absolute Gasteiger partial charge is 0.349 e. The maximum absolute atomic E-state index is 12.2. The molecule has 6 nitrogen and oxygen atoms in total. The molecule has 0 aliphatic heterocycles. The molecule has 0 saturated heterocycles. The second-order valence-electron chi connectivity index (χ2n) is 4.96. The number of nitrogens with one attached hydrogen (secondary N) is 1. The molecule has 116 valence electrons. The first-order chi connectivity index (χ1) is 9.51. The zero-order valence-electron chi connectivity index (χ0n) is 11.3. The lowest BCUT2D eigenvalue weighted by atomic mass is 10.0. The van der Waals surface area contributed by atoms with Crippen LogP contribution in [0.3, 0.4) is 0 Å². The van der Waals surface area contributed by atoms with Crippen molar-refractivity contribution in [1.29, 1.82) is 0 Å². The SMILES string of the molecule is Cl.NCC1CCCC1NC(=O)c1cc(Br)cc([N+](=O)[O-])c1. The molecule has 0 spiro atoms. The second-order valence-corrected chi connectivity index (χ2v) is 5.88. The van der Waals surface area contributed by atoms with Crippen molar-refractivity contribution in [3.05, 3.63) is 38.3 Å². The number of nitro benzene ring substituents is 1. The summed E-state index contributed by atoms with van der Waals surface area (Å²) < 4.78 is 0.513. The first-order valence-electron chi connectivity index (χ1n) is 6.47. The molecule has 21 heavy (non-hydrogen) atoms. The number of halogens is 2. The van der Waals surface area contributed by atoms with Crippen molar-refractivity contribution in [3.63, 3.8) is 0 Å². The number of nitrogens with zero attached hydrogens (tertiary/aromatic N) is 1. The van der Waals surface area contributed by atoms with E-state index in [4.69, 9.17) is 5.73 Å². The van der Waals surface area contributed by atoms with Crippen LogP contribution in [-0.2, 0) is 0 Å². The molecule has 1 aliphatic carbocycles. The Bertz CT molecular complexity index is 541. The summed E-state index contributed by atoms with van der Waals surface area (Å²) in [6, 6.07) is 4.29. The van der Waals surface area contributed by atoms with Crippen LogP contribution in [0.4, 0.5) is 5.69 Å². The Morgan fingerprint density at radius 3 is 2.76 bits per heavy atom. The highest BCUT2D eigenvalue weighted by atomic mass is 79.9. The van der Waals surface area contributed by atoms with Crippen LogP contribution in [-0.4, -0.2) is 23.4 Å². The first-order valence-corrected chi connectivity index (χ1v) is 7.26. The standard InChI is InChI=1S/C13H16BrN3O3.ClH/c14-10-4-9(5-11(6-10)17(19)20)13(18)16-12-3-1-2-8(12)7-15;/h4-6,8,12H,1-3,7,15H2,(H,16,18);1H. The average Bonchev–Trinajstić information content (AvgIpc) is 2.85. The van der Waals surface area contributed by atoms with Crippen LogP contribution in [0.25, 0.3) is 0 Å². The van der Waals surface area contributed by atoms with Gasteiger partial charge in [-0.3, -0.25) is 14.9 Å². The molecule has 1 fully saturated rings. The molecule has 2 atom stereocenters. The number of carbonyl (C=O) groups excluding carboxylic acids is 1. The van der Waals surface area contributed by atoms with Crippen molar-refractivity contribution in [3.8, 4) is 0 Å². The molecular weight excluding hydrogens is 362 g/mol. The summed E-state index contributed by atoms with van der Waals surface area (Å²) in [5, 5.41) is 13.7. The van der Waals surface area contributed by atoms with E-state index < -0.39 is 4.92 Å². The van der Waals surface area contributed by atoms with Crippen molar-refractivity contribution >= 4 is 39.9 Å². The highest BCUT2D eigenvalue weighted by Gasteiger charge is 2.28. The van der Waals surface area contributed by atoms with Crippen LogP contribution in [0.1, 0.15) is 29.6 Å². The number of nitrogens with two attached hydrogens (primary N) is 1. The maximum Gasteiger partial charge on any atom is 0.271 e. The van der Waals surface area contributed by atoms with E-state index in [0.29, 0.717) is 16.9 Å². The number of rotatable bonds is 4. The Morgan fingerprint density at radius 2 is 2.14 bits per heavy atom. The summed E-state index contributed by atoms with van der Waals surface area (Å²) in [5.41, 5.74) is 5.86. The van der Waals surface area contributed by atoms with Gasteiger partial charge in [0.2, 0.25) is 0 Å². The van der Waals surface area contributed by atoms with Crippen molar-refractivity contribution in [2.45, 2.75) is 25.3 Å². The van der Waals surface area contributed by atoms with Crippen molar-refractivity contribution in [2.24, 2.45) is 11.7 Å². The molecule has 0 radical (unpaired) electrons. The fraction of sp³-hybridized carbons (Fsp3) is 0.462. The van der Waals surface area contributed by atoms with Gasteiger partial charge in [0, 0.05) is 28.2 Å². The fourth-order valence-corrected chi connectivity index (χ4v) is 3.05. The van der Waals surface area contributed by atoms with Crippen LogP contribution in [0, 0.1) is 16.0 Å². The van der Waals surface area contributed by atoms with E-state index in [1.165, 1.54) is 12.1 Å². The van der Waals surface area contributed by atoms with Crippen LogP contribution in [0.15, 0.2) is 22.7 Å². The molecular formula is C13H17BrClN3O3. The third-order valence-corrected chi connectivity index (χ3v) is 4.09. The van der Waals surface area contributed by atoms with E-state index in [1.54, 1.807) is 6.07 Å². The molecule has 1 aromatic carbocycles. The van der Waals surface area contributed by atoms with Gasteiger partial charge in [0.05, 0.1) is 4.92 Å². The lowest BCUT2D eigenvalue weighted by Gasteiger charge is -2.19. The third-order valence-electron chi connectivity index (χ3n) is 3.63. The monoisotopic (exact) mass is 377 g/mol. The van der Waals surface area contributed by atoms with Gasteiger partial charge >= 0.3 is 0 Å². The van der Waals surface area contributed by atoms with Crippen molar-refractivity contribution < 1.29 is 9.72 Å². The van der Waals surface area contributed by atoms with E-state index in [9.17, 15) is 14.9 Å². The number of carbonyl (C=O) groups is 1. The smallest absolute Gasteiger partial charge is 0.271 e. The maximum atomic E-state index is 12.2. The minimum atomic E-state index is -0.514. The molecule has 1 aromatic rings. The molecule has 1 aliphatic rings. The summed E-state index contributed by atoms with van der Waals surface area (Å²) in [7, 11) is 0. The van der Waals surface area contributed by atoms with E-state index in [1.807, 2.05) is 0 Å². The number of amides is 1. The molecule has 1 saturated carbocycles. The lowest BCUT2D eigenvalue weighted by molar-refractivity contribution is -0.385. The van der Waals surface area contributed by atoms with Crippen molar-refractivity contribution in [2.75, 3.05) is 6.54 Å². The predicted octanol–water partition coefficient (Wildman–Crippen LogP) is 2.64. The minimum absolute atomic E-state index is 0. The van der Waals surface area contributed by atoms with Gasteiger partial charge in [0.25, 0.3) is 11.6 Å². The number of benzene rings is 1. The summed E-state index contributed by atoms with van der Waals surface area (Å²) in [5.74, 6) is 0.000777. The number of non-ortho nitro benzene ring substituents is 1. The Labute approximate surface area is 137 Å². The Kier molecular flexibility index (Phi) is 6.57. The van der Waals surface area contributed by atoms with Gasteiger partial charge in [-0.2, -0.15) is 0 Å². The summed E-state index contributed by atoms with van der Waals surface area (Å²) in [6.45, 7) is 0.545. The minimum Gasteiger partial charge on any atom is -0.349 e. The fourth-order valence-electron chi connectivity index (χ4n) is 2.57. The first kappa shape index (κ1) is 17.9. The van der Waals surface area contributed by atoms with Gasteiger partial charge < -0.3 is 11.1 Å². The zero-order valence-corrected chi connectivity index (χ0v) is 13.7. The van der Waals surface area contributed by atoms with Crippen LogP contribution >= 0.6 is 28.3 Å². The number of nitro groups is 1. The van der Waals surface area contributed by atoms with Gasteiger partial charge in [0.15, 0.2) is 0 Å². The van der Waals surface area contributed by atoms with Crippen LogP contribution < -0.4 is 11.1 Å². The van der Waals surface area contributed by atoms with E-state index in [0.717, 1.165) is 19.3 Å². The highest BCUT2D eigenvalue weighted by Crippen LogP contribution is 2.26. The third kappa shape index (κ3) is 4.39. The second kappa shape index (κ2) is 7.72. The highest BCUT2D eigenvalue weighted by molar-refractivity contribution is 9.10. The number of hydrogen-bond donors (Lipinski definition) is 2. The zero-order chi connectivity index (χ0) is 14.7. The average molecular weight is 379 g/mol. The molecule has 8 heteroatoms. The quantitative estimate of drug-likeness (QED) is 0.621. The Balaban J connectivity index is 0.00000220. The Morgan fingerprint density at radius 1 is 1.43 bits per heavy atom. The summed E-state index contributed by atoms with van der Waals surface area (Å²) >= 11 is 3.18. The molecule has 2 unspecified atom stereocenters. The van der Waals surface area contributed by atoms with E-state index in [2.05, 4.69) is 21.2 Å². The van der Waals surface area contributed by atoms with Crippen LogP contribution in [0.2, 0.25) is 0 Å². The molecule has 0 aromatic heterocycles. The van der Waals surface area contributed by atoms with Gasteiger partial charge in [-0.05, 0) is 31.4 Å². The van der Waals surface area contributed by atoms with Crippen molar-refractivity contribution in [1.82, 2.24) is 5.32 Å². The molecule has 1 amide bonds. The van der Waals surface area contributed by atoms with Gasteiger partial charge in [-0.25, -0.2) is 0 Å². The molecule has 0 bridgehead atoms. The van der Waals surface area contributed by atoms with E-state index in [-0.39, 0.29) is 35.6 Å². The van der Waals surface area contributed by atoms with Gasteiger partial charge in [0.1, 0.15) is 0 Å². The number of hydrogen-bond acceptors (Lipinski definition) is 4. The summed E-state index contributed by atoms with van der Waals surface area (Å²) in [6.07, 6.45) is 2.97. The predicted molar refractivity (Wildman–Crippen MR) is 85.7 cm³/mol. The van der Waals surface area contributed by atoms with Gasteiger partial charge in [-0.1, -0.05) is 22.4 Å². The molecule has 3 N–H and O–H groups in total. The lowest BCUT2D eigenvalue weighted by Crippen LogP contribution is -2.39. The topological polar surface area (TPSA) is 98.3 Å². The Hall–Kier alpha value is -1.18. The molecule has 0 heterocycles. The van der Waals surface area contributed by atoms with Gasteiger partial charge in [-0.15, -0.1) is 12.4 Å². The normalized spacial score (nSPS) is 20.7. The molecule has 2 rings (SSSR count).